The summed E-state index contributed by atoms with van der Waals surface area (Å²) >= 11 is 0. The predicted octanol–water partition coefficient (Wildman–Crippen LogP) is 0.287. The minimum Gasteiger partial charge on any atom is -0.307 e. The van der Waals surface area contributed by atoms with Crippen LogP contribution in [0.4, 0.5) is 4.39 Å². The SMILES string of the molecule is CN(C)CC(NN)c1cncc(F)c1. The summed E-state index contributed by atoms with van der Waals surface area (Å²) in [6.07, 6.45) is 2.78. The summed E-state index contributed by atoms with van der Waals surface area (Å²) in [5.74, 6) is 5.03. The Morgan fingerprint density at radius 1 is 1.57 bits per heavy atom. The number of nitrogens with two attached hydrogens (primary N) is 1. The van der Waals surface area contributed by atoms with Gasteiger partial charge in [-0.2, -0.15) is 0 Å². The first kappa shape index (κ1) is 11.0. The molecular weight excluding hydrogens is 183 g/mol. The van der Waals surface area contributed by atoms with Gasteiger partial charge in [0.15, 0.2) is 0 Å². The van der Waals surface area contributed by atoms with E-state index in [0.29, 0.717) is 6.54 Å². The maximum atomic E-state index is 12.9. The Morgan fingerprint density at radius 3 is 2.79 bits per heavy atom. The second-order valence-electron chi connectivity index (χ2n) is 3.42. The molecule has 14 heavy (non-hydrogen) atoms. The standard InChI is InChI=1S/C9H15FN4/c1-14(2)6-9(13-11)7-3-8(10)5-12-4-7/h3-5,9,13H,6,11H2,1-2H3. The van der Waals surface area contributed by atoms with E-state index in [9.17, 15) is 4.39 Å². The molecule has 0 aromatic carbocycles. The molecule has 3 N–H and O–H groups in total. The molecule has 1 aromatic rings. The van der Waals surface area contributed by atoms with Gasteiger partial charge in [0.2, 0.25) is 0 Å². The minimum atomic E-state index is -0.346. The van der Waals surface area contributed by atoms with Gasteiger partial charge < -0.3 is 4.90 Å². The van der Waals surface area contributed by atoms with E-state index in [1.54, 1.807) is 6.20 Å². The molecule has 1 unspecified atom stereocenters. The summed E-state index contributed by atoms with van der Waals surface area (Å²) in [7, 11) is 3.86. The lowest BCUT2D eigenvalue weighted by Gasteiger charge is -2.20. The van der Waals surface area contributed by atoms with Gasteiger partial charge in [-0.3, -0.25) is 16.3 Å². The van der Waals surface area contributed by atoms with E-state index in [0.717, 1.165) is 5.56 Å². The third-order valence-corrected chi connectivity index (χ3v) is 1.88. The summed E-state index contributed by atoms with van der Waals surface area (Å²) in [6, 6.07) is 1.33. The van der Waals surface area contributed by atoms with Crippen LogP contribution in [0.5, 0.6) is 0 Å². The Balaban J connectivity index is 2.78. The summed E-state index contributed by atoms with van der Waals surface area (Å²) in [4.78, 5) is 5.74. The molecular formula is C9H15FN4. The van der Waals surface area contributed by atoms with Gasteiger partial charge >= 0.3 is 0 Å². The van der Waals surface area contributed by atoms with E-state index in [1.165, 1.54) is 12.3 Å². The number of hydrogen-bond acceptors (Lipinski definition) is 4. The number of nitrogens with one attached hydrogen (secondary N) is 1. The van der Waals surface area contributed by atoms with E-state index < -0.39 is 0 Å². The molecule has 0 saturated carbocycles. The van der Waals surface area contributed by atoms with Gasteiger partial charge in [-0.1, -0.05) is 0 Å². The molecule has 0 spiro atoms. The normalized spacial score (nSPS) is 13.2. The first-order valence-corrected chi connectivity index (χ1v) is 4.35. The Hall–Kier alpha value is -1.04. The molecule has 0 bridgehead atoms. The number of halogens is 1. The van der Waals surface area contributed by atoms with Gasteiger partial charge in [0.1, 0.15) is 5.82 Å². The largest absolute Gasteiger partial charge is 0.307 e. The molecule has 0 radical (unpaired) electrons. The van der Waals surface area contributed by atoms with Crippen LogP contribution in [0.2, 0.25) is 0 Å². The third kappa shape index (κ3) is 3.02. The van der Waals surface area contributed by atoms with Crippen molar-refractivity contribution in [3.05, 3.63) is 29.8 Å². The Labute approximate surface area is 82.9 Å². The van der Waals surface area contributed by atoms with Crippen molar-refractivity contribution in [3.63, 3.8) is 0 Å². The number of aromatic nitrogens is 1. The minimum absolute atomic E-state index is 0.104. The highest BCUT2D eigenvalue weighted by atomic mass is 19.1. The molecule has 0 fully saturated rings. The van der Waals surface area contributed by atoms with E-state index >= 15 is 0 Å². The quantitative estimate of drug-likeness (QED) is 0.539. The van der Waals surface area contributed by atoms with Crippen LogP contribution < -0.4 is 11.3 Å². The van der Waals surface area contributed by atoms with Crippen molar-refractivity contribution in [2.75, 3.05) is 20.6 Å². The highest BCUT2D eigenvalue weighted by Crippen LogP contribution is 2.12. The van der Waals surface area contributed by atoms with Crippen molar-refractivity contribution in [1.82, 2.24) is 15.3 Å². The summed E-state index contributed by atoms with van der Waals surface area (Å²) in [5, 5.41) is 0. The lowest BCUT2D eigenvalue weighted by molar-refractivity contribution is 0.343. The number of hydrogen-bond donors (Lipinski definition) is 2. The van der Waals surface area contributed by atoms with Crippen LogP contribution >= 0.6 is 0 Å². The Morgan fingerprint density at radius 2 is 2.29 bits per heavy atom. The topological polar surface area (TPSA) is 54.2 Å². The molecule has 1 heterocycles. The molecule has 0 aliphatic heterocycles. The van der Waals surface area contributed by atoms with E-state index in [-0.39, 0.29) is 11.9 Å². The highest BCUT2D eigenvalue weighted by molar-refractivity contribution is 5.15. The second kappa shape index (κ2) is 4.99. The first-order valence-electron chi connectivity index (χ1n) is 4.35. The fourth-order valence-electron chi connectivity index (χ4n) is 1.24. The van der Waals surface area contributed by atoms with Crippen LogP contribution in [0.15, 0.2) is 18.5 Å². The summed E-state index contributed by atoms with van der Waals surface area (Å²) in [6.45, 7) is 0.696. The van der Waals surface area contributed by atoms with E-state index in [4.69, 9.17) is 5.84 Å². The van der Waals surface area contributed by atoms with Crippen LogP contribution in [-0.4, -0.2) is 30.5 Å². The Bertz CT molecular complexity index is 290. The third-order valence-electron chi connectivity index (χ3n) is 1.88. The lowest BCUT2D eigenvalue weighted by atomic mass is 10.1. The van der Waals surface area contributed by atoms with Crippen LogP contribution in [-0.2, 0) is 0 Å². The smallest absolute Gasteiger partial charge is 0.141 e. The molecule has 0 saturated heterocycles. The zero-order valence-corrected chi connectivity index (χ0v) is 8.37. The van der Waals surface area contributed by atoms with Crippen molar-refractivity contribution < 1.29 is 4.39 Å². The van der Waals surface area contributed by atoms with Gasteiger partial charge in [-0.15, -0.1) is 0 Å². The maximum absolute atomic E-state index is 12.9. The number of rotatable bonds is 4. The van der Waals surface area contributed by atoms with Crippen molar-refractivity contribution in [1.29, 1.82) is 0 Å². The zero-order valence-electron chi connectivity index (χ0n) is 8.37. The van der Waals surface area contributed by atoms with Gasteiger partial charge in [-0.25, -0.2) is 4.39 Å². The van der Waals surface area contributed by atoms with Gasteiger partial charge in [0.25, 0.3) is 0 Å². The number of nitrogens with zero attached hydrogens (tertiary/aromatic N) is 2. The molecule has 0 amide bonds. The zero-order chi connectivity index (χ0) is 10.6. The lowest BCUT2D eigenvalue weighted by Crippen LogP contribution is -2.35. The molecule has 0 aliphatic rings. The van der Waals surface area contributed by atoms with Crippen LogP contribution in [0.25, 0.3) is 0 Å². The molecule has 1 aromatic heterocycles. The molecule has 0 aliphatic carbocycles. The second-order valence-corrected chi connectivity index (χ2v) is 3.42. The fourth-order valence-corrected chi connectivity index (χ4v) is 1.24. The monoisotopic (exact) mass is 198 g/mol. The summed E-state index contributed by atoms with van der Waals surface area (Å²) < 4.78 is 12.9. The van der Waals surface area contributed by atoms with Crippen LogP contribution in [0.1, 0.15) is 11.6 Å². The van der Waals surface area contributed by atoms with E-state index in [1.807, 2.05) is 19.0 Å². The predicted molar refractivity (Wildman–Crippen MR) is 52.8 cm³/mol. The molecule has 78 valence electrons. The summed E-state index contributed by atoms with van der Waals surface area (Å²) in [5.41, 5.74) is 3.38. The number of likely N-dealkylation sites (N-methyl/N-ethyl adjacent to an activating group) is 1. The van der Waals surface area contributed by atoms with Crippen LogP contribution in [0, 0.1) is 5.82 Å². The van der Waals surface area contributed by atoms with Crippen molar-refractivity contribution in [2.24, 2.45) is 5.84 Å². The van der Waals surface area contributed by atoms with E-state index in [2.05, 4.69) is 10.4 Å². The van der Waals surface area contributed by atoms with Crippen molar-refractivity contribution in [2.45, 2.75) is 6.04 Å². The maximum Gasteiger partial charge on any atom is 0.141 e. The Kier molecular flexibility index (Phi) is 3.94. The fraction of sp³-hybridized carbons (Fsp3) is 0.444. The van der Waals surface area contributed by atoms with Crippen LogP contribution in [0.3, 0.4) is 0 Å². The molecule has 1 rings (SSSR count). The number of hydrazine groups is 1. The molecule has 1 atom stereocenters. The van der Waals surface area contributed by atoms with Gasteiger partial charge in [-0.05, 0) is 25.7 Å². The van der Waals surface area contributed by atoms with Gasteiger partial charge in [0, 0.05) is 12.7 Å². The average molecular weight is 198 g/mol. The van der Waals surface area contributed by atoms with Crippen molar-refractivity contribution >= 4 is 0 Å². The van der Waals surface area contributed by atoms with Crippen molar-refractivity contribution in [3.8, 4) is 0 Å². The number of pyridine rings is 1. The first-order chi connectivity index (χ1) is 6.63. The van der Waals surface area contributed by atoms with Gasteiger partial charge in [0.05, 0.1) is 12.2 Å². The molecule has 4 nitrogen and oxygen atoms in total. The molecule has 5 heteroatoms. The highest BCUT2D eigenvalue weighted by Gasteiger charge is 2.11. The average Bonchev–Trinajstić information content (AvgIpc) is 2.14.